The third-order valence-corrected chi connectivity index (χ3v) is 17.4. The van der Waals surface area contributed by atoms with Crippen LogP contribution >= 0.6 is 0 Å². The maximum absolute atomic E-state index is 2.60. The van der Waals surface area contributed by atoms with Gasteiger partial charge < -0.3 is 0 Å². The van der Waals surface area contributed by atoms with E-state index in [2.05, 4.69) is 236 Å². The fraction of sp³-hybridized carbons (Fsp3) is 0.130. The van der Waals surface area contributed by atoms with Crippen LogP contribution in [-0.4, -0.2) is 0 Å². The Bertz CT molecular complexity index is 4120. The molecule has 0 saturated carbocycles. The van der Waals surface area contributed by atoms with Crippen LogP contribution in [0.25, 0.3) is 121 Å². The summed E-state index contributed by atoms with van der Waals surface area (Å²) in [5.74, 6) is 0. The van der Waals surface area contributed by atoms with Gasteiger partial charge in [0.05, 0.1) is 0 Å². The van der Waals surface area contributed by atoms with Crippen molar-refractivity contribution < 1.29 is 0 Å². The molecule has 0 nitrogen and oxygen atoms in total. The van der Waals surface area contributed by atoms with Crippen LogP contribution in [0, 0.1) is 0 Å². The summed E-state index contributed by atoms with van der Waals surface area (Å²) in [6, 6.07) is 74.9. The molecule has 11 aromatic carbocycles. The minimum absolute atomic E-state index is 0.111. The SMILES string of the molecule is CC1(C)c2ccccc2-c2ccc(-c3c4ccccc4c(-c4ccc5c(c4)C(C)(C)c4ccccc4-5)c4cc5c(cc34)-c3ccc(-c4ccc6c7c(cccc47)-c4ccccc4-6)cc3C5(C)C)cc21. The topological polar surface area (TPSA) is 0 Å². The highest BCUT2D eigenvalue weighted by Gasteiger charge is 2.40. The van der Waals surface area contributed by atoms with Crippen LogP contribution in [0.5, 0.6) is 0 Å². The number of hydrogen-bond acceptors (Lipinski definition) is 0. The maximum atomic E-state index is 2.60. The number of fused-ring (bicyclic) bond motifs is 14. The van der Waals surface area contributed by atoms with Gasteiger partial charge in [-0.05, 0) is 185 Å². The zero-order valence-electron chi connectivity index (χ0n) is 40.0. The molecule has 0 aromatic heterocycles. The average Bonchev–Trinajstić information content (AvgIpc) is 3.99. The van der Waals surface area contributed by atoms with Gasteiger partial charge in [-0.3, -0.25) is 0 Å². The highest BCUT2D eigenvalue weighted by molar-refractivity contribution is 6.23. The lowest BCUT2D eigenvalue weighted by Gasteiger charge is -2.25. The Morgan fingerprint density at radius 2 is 0.580 bits per heavy atom. The second-order valence-electron chi connectivity index (χ2n) is 21.9. The first-order valence-corrected chi connectivity index (χ1v) is 24.8. The lowest BCUT2D eigenvalue weighted by Crippen LogP contribution is -2.15. The van der Waals surface area contributed by atoms with Gasteiger partial charge >= 0.3 is 0 Å². The average molecular weight is 879 g/mol. The van der Waals surface area contributed by atoms with Gasteiger partial charge in [-0.2, -0.15) is 0 Å². The quantitative estimate of drug-likeness (QED) is 0.155. The van der Waals surface area contributed by atoms with E-state index in [9.17, 15) is 0 Å². The van der Waals surface area contributed by atoms with E-state index in [1.54, 1.807) is 0 Å². The molecule has 0 saturated heterocycles. The fourth-order valence-corrected chi connectivity index (χ4v) is 14.0. The van der Waals surface area contributed by atoms with Crippen molar-refractivity contribution in [1.82, 2.24) is 0 Å². The molecule has 326 valence electrons. The van der Waals surface area contributed by atoms with E-state index in [0.717, 1.165) is 0 Å². The summed E-state index contributed by atoms with van der Waals surface area (Å²) in [7, 11) is 0. The monoisotopic (exact) mass is 878 g/mol. The fourth-order valence-electron chi connectivity index (χ4n) is 14.0. The predicted octanol–water partition coefficient (Wildman–Crippen LogP) is 18.7. The second kappa shape index (κ2) is 13.2. The van der Waals surface area contributed by atoms with Crippen LogP contribution in [0.3, 0.4) is 0 Å². The van der Waals surface area contributed by atoms with Gasteiger partial charge in [0.25, 0.3) is 0 Å². The van der Waals surface area contributed by atoms with Gasteiger partial charge in [0.1, 0.15) is 0 Å². The van der Waals surface area contributed by atoms with Gasteiger partial charge in [0.15, 0.2) is 0 Å². The third kappa shape index (κ3) is 4.99. The minimum Gasteiger partial charge on any atom is -0.0619 e. The Morgan fingerprint density at radius 3 is 1.16 bits per heavy atom. The van der Waals surface area contributed by atoms with Crippen LogP contribution in [0.2, 0.25) is 0 Å². The van der Waals surface area contributed by atoms with Crippen molar-refractivity contribution in [1.29, 1.82) is 0 Å². The molecule has 11 aromatic rings. The van der Waals surface area contributed by atoms with Crippen LogP contribution in [0.15, 0.2) is 194 Å². The first-order valence-electron chi connectivity index (χ1n) is 24.8. The van der Waals surface area contributed by atoms with E-state index in [1.165, 1.54) is 155 Å². The van der Waals surface area contributed by atoms with Gasteiger partial charge in [-0.1, -0.05) is 205 Å². The summed E-state index contributed by atoms with van der Waals surface area (Å²) in [4.78, 5) is 0. The Kier molecular flexibility index (Phi) is 7.53. The summed E-state index contributed by atoms with van der Waals surface area (Å²) in [6.45, 7) is 14.5. The molecule has 0 heterocycles. The number of hydrogen-bond donors (Lipinski definition) is 0. The lowest BCUT2D eigenvalue weighted by atomic mass is 9.77. The minimum atomic E-state index is -0.242. The van der Waals surface area contributed by atoms with Crippen LogP contribution in [-0.2, 0) is 16.2 Å². The molecule has 4 aliphatic rings. The number of rotatable bonds is 3. The van der Waals surface area contributed by atoms with Crippen molar-refractivity contribution >= 4 is 32.3 Å². The molecule has 0 amide bonds. The van der Waals surface area contributed by atoms with Gasteiger partial charge in [-0.15, -0.1) is 0 Å². The molecule has 0 unspecified atom stereocenters. The van der Waals surface area contributed by atoms with Crippen molar-refractivity contribution in [2.75, 3.05) is 0 Å². The standard InChI is InChI=1S/C69H50/c1-67(2)58-24-13-11-18-45(58)47-30-27-40(35-61(47)67)64-52-20-9-10-21-53(52)65(41-28-31-48-46-19-12-14-25-59(46)68(3,4)62(48)36-41)57-38-63-55(37-56(57)64)49-29-26-39(34-60(49)69(63,5)6)42-32-33-54-44-17-8-7-16-43(44)51-23-15-22-50(42)66(51)54/h7-38H,1-6H3. The van der Waals surface area contributed by atoms with Crippen molar-refractivity contribution in [2.45, 2.75) is 57.8 Å². The highest BCUT2D eigenvalue weighted by atomic mass is 14.4. The Labute approximate surface area is 404 Å². The van der Waals surface area contributed by atoms with Crippen molar-refractivity contribution in [2.24, 2.45) is 0 Å². The van der Waals surface area contributed by atoms with E-state index < -0.39 is 0 Å². The molecule has 0 N–H and O–H groups in total. The molecular weight excluding hydrogens is 829 g/mol. The van der Waals surface area contributed by atoms with E-state index in [1.807, 2.05) is 0 Å². The molecule has 0 radical (unpaired) electrons. The molecule has 69 heavy (non-hydrogen) atoms. The number of benzene rings is 11. The molecule has 15 rings (SSSR count). The van der Waals surface area contributed by atoms with E-state index in [4.69, 9.17) is 0 Å². The molecule has 0 aliphatic heterocycles. The lowest BCUT2D eigenvalue weighted by molar-refractivity contribution is 0.660. The molecule has 0 atom stereocenters. The Balaban J connectivity index is 0.983. The molecule has 0 spiro atoms. The van der Waals surface area contributed by atoms with Crippen molar-refractivity contribution in [3.05, 3.63) is 228 Å². The van der Waals surface area contributed by atoms with Crippen molar-refractivity contribution in [3.63, 3.8) is 0 Å². The van der Waals surface area contributed by atoms with E-state index >= 15 is 0 Å². The zero-order chi connectivity index (χ0) is 46.3. The first kappa shape index (κ1) is 39.2. The summed E-state index contributed by atoms with van der Waals surface area (Å²) in [6.07, 6.45) is 0. The van der Waals surface area contributed by atoms with Gasteiger partial charge in [-0.25, -0.2) is 0 Å². The molecular formula is C69H50. The van der Waals surface area contributed by atoms with Gasteiger partial charge in [0, 0.05) is 16.2 Å². The summed E-state index contributed by atoms with van der Waals surface area (Å²) in [5, 5.41) is 7.89. The molecule has 0 fully saturated rings. The van der Waals surface area contributed by atoms with Crippen LogP contribution in [0.4, 0.5) is 0 Å². The second-order valence-corrected chi connectivity index (χ2v) is 21.9. The summed E-state index contributed by atoms with van der Waals surface area (Å²) in [5.41, 5.74) is 29.1. The third-order valence-electron chi connectivity index (χ3n) is 17.4. The largest absolute Gasteiger partial charge is 0.0619 e. The van der Waals surface area contributed by atoms with Crippen molar-refractivity contribution in [3.8, 4) is 89.0 Å². The van der Waals surface area contributed by atoms with E-state index in [0.29, 0.717) is 0 Å². The van der Waals surface area contributed by atoms with Crippen LogP contribution in [0.1, 0.15) is 74.9 Å². The molecule has 0 heteroatoms. The first-order chi connectivity index (χ1) is 33.5. The summed E-state index contributed by atoms with van der Waals surface area (Å²) < 4.78 is 0. The van der Waals surface area contributed by atoms with Crippen LogP contribution < -0.4 is 0 Å². The Hall–Kier alpha value is -7.80. The normalized spacial score (nSPS) is 15.4. The summed E-state index contributed by atoms with van der Waals surface area (Å²) >= 11 is 0. The maximum Gasteiger partial charge on any atom is 0.0159 e. The smallest absolute Gasteiger partial charge is 0.0159 e. The molecule has 0 bridgehead atoms. The highest BCUT2D eigenvalue weighted by Crippen LogP contribution is 2.57. The molecule has 4 aliphatic carbocycles. The zero-order valence-corrected chi connectivity index (χ0v) is 40.0. The van der Waals surface area contributed by atoms with Gasteiger partial charge in [0.2, 0.25) is 0 Å². The predicted molar refractivity (Wildman–Crippen MR) is 292 cm³/mol. The van der Waals surface area contributed by atoms with E-state index in [-0.39, 0.29) is 16.2 Å². The Morgan fingerprint density at radius 1 is 0.217 bits per heavy atom.